The van der Waals surface area contributed by atoms with Crippen LogP contribution in [0.25, 0.3) is 0 Å². The molecule has 1 N–H and O–H groups in total. The molecule has 0 unspecified atom stereocenters. The minimum absolute atomic E-state index is 0.188. The van der Waals surface area contributed by atoms with Gasteiger partial charge in [0.2, 0.25) is 5.91 Å². The average Bonchev–Trinajstić information content (AvgIpc) is 2.87. The molecule has 0 aliphatic heterocycles. The molecule has 0 spiro atoms. The van der Waals surface area contributed by atoms with Crippen LogP contribution in [0.3, 0.4) is 0 Å². The number of aryl methyl sites for hydroxylation is 2. The molecule has 2 aromatic rings. The summed E-state index contributed by atoms with van der Waals surface area (Å²) in [7, 11) is 1.54. The Bertz CT molecular complexity index is 835. The van der Waals surface area contributed by atoms with Crippen LogP contribution < -0.4 is 0 Å². The Morgan fingerprint density at radius 1 is 1.15 bits per heavy atom. The summed E-state index contributed by atoms with van der Waals surface area (Å²) in [6, 6.07) is 8.36. The summed E-state index contributed by atoms with van der Waals surface area (Å²) in [5.41, 5.74) is 4.18. The summed E-state index contributed by atoms with van der Waals surface area (Å²) in [6.45, 7) is 9.77. The van der Waals surface area contributed by atoms with E-state index < -0.39 is 11.5 Å². The molecular formula is C21H29N3O3. The zero-order valence-corrected chi connectivity index (χ0v) is 17.0. The molecule has 0 saturated heterocycles. The van der Waals surface area contributed by atoms with Crippen molar-refractivity contribution in [2.45, 2.75) is 59.5 Å². The van der Waals surface area contributed by atoms with Gasteiger partial charge in [-0.2, -0.15) is 5.10 Å². The largest absolute Gasteiger partial charge is 0.480 e. The number of amides is 1. The fourth-order valence-corrected chi connectivity index (χ4v) is 2.97. The van der Waals surface area contributed by atoms with E-state index in [1.165, 1.54) is 36.9 Å². The molecule has 1 aromatic carbocycles. The first-order chi connectivity index (χ1) is 12.5. The monoisotopic (exact) mass is 371 g/mol. The van der Waals surface area contributed by atoms with Gasteiger partial charge in [0.05, 0.1) is 12.2 Å². The van der Waals surface area contributed by atoms with Crippen LogP contribution in [0.5, 0.6) is 0 Å². The van der Waals surface area contributed by atoms with Gasteiger partial charge < -0.3 is 10.0 Å². The molecule has 1 amide bonds. The van der Waals surface area contributed by atoms with Crippen LogP contribution >= 0.6 is 0 Å². The van der Waals surface area contributed by atoms with Crippen molar-refractivity contribution >= 4 is 11.9 Å². The number of aromatic nitrogens is 2. The fourth-order valence-electron chi connectivity index (χ4n) is 2.97. The minimum Gasteiger partial charge on any atom is -0.480 e. The molecule has 6 nitrogen and oxygen atoms in total. The van der Waals surface area contributed by atoms with Crippen molar-refractivity contribution in [2.24, 2.45) is 0 Å². The maximum atomic E-state index is 12.5. The second-order valence-corrected chi connectivity index (χ2v) is 7.61. The van der Waals surface area contributed by atoms with E-state index in [-0.39, 0.29) is 12.3 Å². The van der Waals surface area contributed by atoms with Crippen molar-refractivity contribution in [3.8, 4) is 0 Å². The van der Waals surface area contributed by atoms with Crippen molar-refractivity contribution in [1.82, 2.24) is 14.7 Å². The van der Waals surface area contributed by atoms with Gasteiger partial charge in [-0.1, -0.05) is 29.8 Å². The highest BCUT2D eigenvalue weighted by molar-refractivity contribution is 5.86. The van der Waals surface area contributed by atoms with E-state index in [1.54, 1.807) is 0 Å². The lowest BCUT2D eigenvalue weighted by Crippen LogP contribution is -2.50. The van der Waals surface area contributed by atoms with Crippen molar-refractivity contribution in [3.05, 3.63) is 52.3 Å². The van der Waals surface area contributed by atoms with E-state index >= 15 is 0 Å². The number of hydrogen-bond acceptors (Lipinski definition) is 3. The first kappa shape index (κ1) is 20.7. The van der Waals surface area contributed by atoms with Crippen molar-refractivity contribution in [2.75, 3.05) is 7.05 Å². The number of rotatable bonds is 7. The quantitative estimate of drug-likeness (QED) is 0.811. The molecule has 0 aliphatic carbocycles. The Morgan fingerprint density at radius 2 is 1.74 bits per heavy atom. The van der Waals surface area contributed by atoms with Crippen LogP contribution in [0.15, 0.2) is 24.3 Å². The molecule has 0 radical (unpaired) electrons. The normalized spacial score (nSPS) is 11.5. The molecule has 0 atom stereocenters. The standard InChI is InChI=1S/C21H29N3O3/c1-14-7-9-17(10-8-14)13-24-16(3)18(15(2)22-24)11-12-19(25)23(6)21(4,5)20(26)27/h7-10H,11-13H2,1-6H3,(H,26,27). The van der Waals surface area contributed by atoms with Gasteiger partial charge in [-0.15, -0.1) is 0 Å². The Balaban J connectivity index is 2.09. The summed E-state index contributed by atoms with van der Waals surface area (Å²) < 4.78 is 1.96. The van der Waals surface area contributed by atoms with Gasteiger partial charge in [-0.25, -0.2) is 4.79 Å². The maximum absolute atomic E-state index is 12.5. The smallest absolute Gasteiger partial charge is 0.329 e. The van der Waals surface area contributed by atoms with Crippen molar-refractivity contribution < 1.29 is 14.7 Å². The summed E-state index contributed by atoms with van der Waals surface area (Å²) in [6.07, 6.45) is 0.801. The van der Waals surface area contributed by atoms with Gasteiger partial charge in [-0.05, 0) is 52.2 Å². The number of hydrogen-bond donors (Lipinski definition) is 1. The fraction of sp³-hybridized carbons (Fsp3) is 0.476. The van der Waals surface area contributed by atoms with E-state index in [0.717, 1.165) is 17.0 Å². The second-order valence-electron chi connectivity index (χ2n) is 7.61. The molecule has 0 aliphatic rings. The van der Waals surface area contributed by atoms with E-state index in [1.807, 2.05) is 18.5 Å². The number of nitrogens with zero attached hydrogens (tertiary/aromatic N) is 3. The molecular weight excluding hydrogens is 342 g/mol. The summed E-state index contributed by atoms with van der Waals surface area (Å²) in [5, 5.41) is 13.9. The van der Waals surface area contributed by atoms with Gasteiger partial charge in [0.25, 0.3) is 0 Å². The summed E-state index contributed by atoms with van der Waals surface area (Å²) >= 11 is 0. The predicted molar refractivity (Wildman–Crippen MR) is 105 cm³/mol. The number of carbonyl (C=O) groups excluding carboxylic acids is 1. The lowest BCUT2D eigenvalue weighted by Gasteiger charge is -2.31. The highest BCUT2D eigenvalue weighted by Gasteiger charge is 2.34. The van der Waals surface area contributed by atoms with E-state index in [0.29, 0.717) is 13.0 Å². The van der Waals surface area contributed by atoms with Crippen LogP contribution in [0.1, 0.15) is 48.3 Å². The van der Waals surface area contributed by atoms with E-state index in [4.69, 9.17) is 0 Å². The molecule has 0 bridgehead atoms. The first-order valence-electron chi connectivity index (χ1n) is 9.12. The molecule has 1 aromatic heterocycles. The molecule has 146 valence electrons. The summed E-state index contributed by atoms with van der Waals surface area (Å²) in [5.74, 6) is -1.20. The number of benzene rings is 1. The number of carbonyl (C=O) groups is 2. The lowest BCUT2D eigenvalue weighted by molar-refractivity contribution is -0.155. The van der Waals surface area contributed by atoms with Gasteiger partial charge in [0.1, 0.15) is 5.54 Å². The number of likely N-dealkylation sites (N-methyl/N-ethyl adjacent to an activating group) is 1. The Labute approximate surface area is 160 Å². The first-order valence-corrected chi connectivity index (χ1v) is 9.12. The lowest BCUT2D eigenvalue weighted by atomic mass is 10.0. The SMILES string of the molecule is Cc1ccc(Cn2nc(C)c(CCC(=O)N(C)C(C)(C)C(=O)O)c2C)cc1. The van der Waals surface area contributed by atoms with Crippen molar-refractivity contribution in [1.29, 1.82) is 0 Å². The van der Waals surface area contributed by atoms with Gasteiger partial charge in [0, 0.05) is 19.2 Å². The third-order valence-corrected chi connectivity index (χ3v) is 5.31. The molecule has 0 saturated carbocycles. The highest BCUT2D eigenvalue weighted by Crippen LogP contribution is 2.19. The van der Waals surface area contributed by atoms with E-state index in [9.17, 15) is 14.7 Å². The second kappa shape index (κ2) is 7.94. The molecule has 1 heterocycles. The Hall–Kier alpha value is -2.63. The zero-order valence-electron chi connectivity index (χ0n) is 17.0. The third-order valence-electron chi connectivity index (χ3n) is 5.31. The van der Waals surface area contributed by atoms with Crippen molar-refractivity contribution in [3.63, 3.8) is 0 Å². The highest BCUT2D eigenvalue weighted by atomic mass is 16.4. The molecule has 0 fully saturated rings. The molecule has 2 rings (SSSR count). The Kier molecular flexibility index (Phi) is 6.08. The predicted octanol–water partition coefficient (Wildman–Crippen LogP) is 3.11. The zero-order chi connectivity index (χ0) is 20.4. The van der Waals surface area contributed by atoms with Gasteiger partial charge in [-0.3, -0.25) is 9.48 Å². The van der Waals surface area contributed by atoms with Crippen LogP contribution in [0.2, 0.25) is 0 Å². The van der Waals surface area contributed by atoms with Crippen LogP contribution in [-0.4, -0.2) is 44.3 Å². The summed E-state index contributed by atoms with van der Waals surface area (Å²) in [4.78, 5) is 25.1. The van der Waals surface area contributed by atoms with Crippen LogP contribution in [0, 0.1) is 20.8 Å². The van der Waals surface area contributed by atoms with E-state index in [2.05, 4.69) is 36.3 Å². The minimum atomic E-state index is -1.23. The topological polar surface area (TPSA) is 75.4 Å². The molecule has 27 heavy (non-hydrogen) atoms. The van der Waals surface area contributed by atoms with Gasteiger partial charge in [0.15, 0.2) is 0 Å². The number of carboxylic acid groups (broad SMARTS) is 1. The maximum Gasteiger partial charge on any atom is 0.329 e. The van der Waals surface area contributed by atoms with Gasteiger partial charge >= 0.3 is 5.97 Å². The van der Waals surface area contributed by atoms with Crippen LogP contribution in [-0.2, 0) is 22.6 Å². The Morgan fingerprint density at radius 3 is 2.30 bits per heavy atom. The molecule has 6 heteroatoms. The number of carboxylic acids is 1. The van der Waals surface area contributed by atoms with Crippen LogP contribution in [0.4, 0.5) is 0 Å². The number of aliphatic carboxylic acids is 1. The average molecular weight is 371 g/mol. The third kappa shape index (κ3) is 4.56.